The van der Waals surface area contributed by atoms with Crippen LogP contribution in [0.25, 0.3) is 279 Å². The van der Waals surface area contributed by atoms with E-state index in [2.05, 4.69) is 355 Å². The summed E-state index contributed by atoms with van der Waals surface area (Å²) in [6.07, 6.45) is 24.5. The van der Waals surface area contributed by atoms with Crippen molar-refractivity contribution in [2.45, 2.75) is 12.8 Å². The number of benzene rings is 19. The van der Waals surface area contributed by atoms with Crippen molar-refractivity contribution in [1.29, 1.82) is 0 Å². The van der Waals surface area contributed by atoms with E-state index in [1.807, 2.05) is 74.4 Å². The average molecular weight is 1780 g/mol. The first-order chi connectivity index (χ1) is 65.0. The average Bonchev–Trinajstić information content (AvgIpc) is 1.49. The first-order valence-corrected chi connectivity index (χ1v) is 47.2. The summed E-state index contributed by atoms with van der Waals surface area (Å²) in [5.41, 5.74) is 24.8. The van der Waals surface area contributed by atoms with Crippen molar-refractivity contribution in [2.75, 3.05) is 0 Å². The van der Waals surface area contributed by atoms with Crippen LogP contribution in [0.4, 0.5) is 0 Å². The fourth-order valence-electron chi connectivity index (χ4n) is 23.4. The van der Waals surface area contributed by atoms with Crippen LogP contribution in [-0.2, 0) is 12.8 Å². The van der Waals surface area contributed by atoms with Crippen molar-refractivity contribution < 1.29 is 0 Å². The Bertz CT molecular complexity index is 8970. The van der Waals surface area contributed by atoms with Gasteiger partial charge in [0.1, 0.15) is 0 Å². The third-order valence-corrected chi connectivity index (χ3v) is 32.2. The van der Waals surface area contributed by atoms with Crippen LogP contribution in [0.15, 0.2) is 390 Å². The number of H-pyrrole nitrogens is 2. The molecule has 0 spiro atoms. The second kappa shape index (κ2) is 28.0. The Hall–Kier alpha value is -16.4. The van der Waals surface area contributed by atoms with Gasteiger partial charge in [-0.05, 0) is 237 Å². The summed E-state index contributed by atoms with van der Waals surface area (Å²) in [4.78, 5) is 34.0. The molecule has 31 aromatic rings. The third kappa shape index (κ3) is 10.6. The molecule has 0 fully saturated rings. The van der Waals surface area contributed by atoms with Crippen LogP contribution in [0.1, 0.15) is 22.5 Å². The molecule has 22 aromatic carbocycles. The first kappa shape index (κ1) is 72.7. The minimum atomic E-state index is -0.598. The van der Waals surface area contributed by atoms with E-state index in [-0.39, 0.29) is 0 Å². The van der Waals surface area contributed by atoms with Crippen molar-refractivity contribution in [3.8, 4) is 87.2 Å². The molecule has 0 aliphatic carbocycles. The van der Waals surface area contributed by atoms with Crippen LogP contribution < -0.4 is 0 Å². The molecule has 0 bridgehead atoms. The second-order valence-corrected chi connectivity index (χ2v) is 38.4. The number of pyridine rings is 6. The summed E-state index contributed by atoms with van der Waals surface area (Å²) < 4.78 is 3.08. The van der Waals surface area contributed by atoms with Gasteiger partial charge in [0.05, 0.1) is 5.52 Å². The maximum atomic E-state index is 4.38. The number of fused-ring (bicyclic) bond motifs is 9. The van der Waals surface area contributed by atoms with Crippen molar-refractivity contribution in [3.63, 3.8) is 0 Å². The molecule has 131 heavy (non-hydrogen) atoms. The van der Waals surface area contributed by atoms with Gasteiger partial charge >= 0.3 is 246 Å². The third-order valence-electron chi connectivity index (χ3n) is 28.8. The van der Waals surface area contributed by atoms with Crippen LogP contribution in [-0.4, -0.2) is 60.3 Å². The van der Waals surface area contributed by atoms with Crippen molar-refractivity contribution >= 4 is 212 Å². The molecular formula is C122H70N8Te. The van der Waals surface area contributed by atoms with Crippen LogP contribution in [0, 0.1) is 0 Å². The minimum Gasteiger partial charge on any atom is -0.361 e. The SMILES string of the molecule is c1ccc(-c2cc3c4cc(-c5ccncc5)c5ccc6ccc7c(-c8ccncc8)cc(c3[nH]2)c2c7c6c5c42)cc1.c1ccc(-c2cc3c4cc(-c5ccncc5)c5ccc6ccc7c(-c8ccncc8)cc(c3[te]2)c2c7c6c5c42)cc1.c1ccc(Cc2[nH]c(Cc3ccccc3)c3c4cc(-c5ccncc5)c5ccc6ccc7c(-c8ccncc8)cc(c23)c2c7c6c5c42)cc1. The molecule has 0 aliphatic heterocycles. The van der Waals surface area contributed by atoms with Gasteiger partial charge in [-0.25, -0.2) is 0 Å². The summed E-state index contributed by atoms with van der Waals surface area (Å²) in [5.74, 6) is 0. The van der Waals surface area contributed by atoms with Gasteiger partial charge in [0, 0.05) is 106 Å². The van der Waals surface area contributed by atoms with Gasteiger partial charge in [-0.15, -0.1) is 0 Å². The standard InChI is InChI=1S/C46H29N3.C38H21N3.C38H20N2Te/c1-3-7-27(8-4-1)23-38-41-36-25-34(29-15-19-47-20-16-29)32-13-11-31-12-14-33-35(30-17-21-48-22-18-30)26-37(46-44(33)40(31)43(32)45(36)46)42(41)39(49-38)24-28-9-5-2-6-10-28;2*1-2-4-23(5-3-1)32-20-30-29-18-27(21-10-14-39-15-11-21)25-8-6-24-7-9-26-28(22-12-16-40-17-13-22)19-31(38(30)41-32)37-35(26)33(24)34(25)36(29)37/h1-22,25-26,49H,23-24H2;1-20,41H;1-20H. The maximum absolute atomic E-state index is 4.38. The van der Waals surface area contributed by atoms with E-state index in [0.29, 0.717) is 0 Å². The Balaban J connectivity index is 0.0000000970. The molecule has 9 aromatic heterocycles. The number of rotatable bonds is 12. The molecule has 0 atom stereocenters. The predicted molar refractivity (Wildman–Crippen MR) is 550 cm³/mol. The fourth-order valence-corrected chi connectivity index (χ4v) is 26.8. The van der Waals surface area contributed by atoms with Crippen molar-refractivity contribution in [2.24, 2.45) is 0 Å². The zero-order chi connectivity index (χ0) is 85.4. The summed E-state index contributed by atoms with van der Waals surface area (Å²) in [7, 11) is 0. The number of aromatic nitrogens is 8. The Labute approximate surface area is 758 Å². The normalized spacial score (nSPS) is 12.3. The van der Waals surface area contributed by atoms with Gasteiger partial charge in [-0.3, -0.25) is 19.9 Å². The molecule has 8 nitrogen and oxygen atoms in total. The quantitative estimate of drug-likeness (QED) is 0.0932. The van der Waals surface area contributed by atoms with Gasteiger partial charge < -0.3 is 9.97 Å². The van der Waals surface area contributed by atoms with Gasteiger partial charge in [0.15, 0.2) is 0 Å². The van der Waals surface area contributed by atoms with Gasteiger partial charge in [0.25, 0.3) is 0 Å². The van der Waals surface area contributed by atoms with Crippen molar-refractivity contribution in [3.05, 3.63) is 412 Å². The van der Waals surface area contributed by atoms with E-state index in [4.69, 9.17) is 0 Å². The van der Waals surface area contributed by atoms with E-state index in [1.54, 1.807) is 3.40 Å². The molecular weight excluding hydrogens is 1700 g/mol. The van der Waals surface area contributed by atoms with Gasteiger partial charge in [-0.2, -0.15) is 0 Å². The summed E-state index contributed by atoms with van der Waals surface area (Å²) in [6.45, 7) is 0. The summed E-state index contributed by atoms with van der Waals surface area (Å²) in [5, 5.41) is 46.0. The van der Waals surface area contributed by atoms with Crippen LogP contribution in [0.3, 0.4) is 0 Å². The molecule has 0 aliphatic rings. The first-order valence-electron chi connectivity index (χ1n) is 44.9. The molecule has 2 N–H and O–H groups in total. The molecule has 9 heteroatoms. The maximum Gasteiger partial charge on any atom is 0.0280 e. The van der Waals surface area contributed by atoms with Crippen LogP contribution in [0.5, 0.6) is 0 Å². The Morgan fingerprint density at radius 1 is 0.191 bits per heavy atom. The van der Waals surface area contributed by atoms with Crippen LogP contribution >= 0.6 is 0 Å². The second-order valence-electron chi connectivity index (χ2n) is 35.4. The van der Waals surface area contributed by atoms with E-state index >= 15 is 0 Å². The molecule has 0 unspecified atom stereocenters. The van der Waals surface area contributed by atoms with Gasteiger partial charge in [0.2, 0.25) is 0 Å². The smallest absolute Gasteiger partial charge is 0.0280 e. The molecule has 31 rings (SSSR count). The van der Waals surface area contributed by atoms with E-state index in [1.165, 1.54) is 293 Å². The molecule has 0 radical (unpaired) electrons. The Kier molecular flexibility index (Phi) is 15.6. The number of nitrogens with zero attached hydrogens (tertiary/aromatic N) is 6. The molecule has 0 saturated heterocycles. The summed E-state index contributed by atoms with van der Waals surface area (Å²) in [6, 6.07) is 117. The van der Waals surface area contributed by atoms with E-state index in [9.17, 15) is 0 Å². The van der Waals surface area contributed by atoms with Crippen molar-refractivity contribution in [1.82, 2.24) is 39.9 Å². The monoisotopic (exact) mass is 1780 g/mol. The molecule has 0 amide bonds. The number of hydrogen-bond donors (Lipinski definition) is 2. The van der Waals surface area contributed by atoms with E-state index in [0.717, 1.165) is 18.5 Å². The number of nitrogens with one attached hydrogen (secondary N) is 2. The topological polar surface area (TPSA) is 109 Å². The molecule has 9 heterocycles. The molecule has 604 valence electrons. The van der Waals surface area contributed by atoms with Gasteiger partial charge in [-0.1, -0.05) is 140 Å². The predicted octanol–water partition coefficient (Wildman–Crippen LogP) is 31.4. The Morgan fingerprint density at radius 3 is 0.832 bits per heavy atom. The van der Waals surface area contributed by atoms with Crippen LogP contribution in [0.2, 0.25) is 0 Å². The zero-order valence-electron chi connectivity index (χ0n) is 70.5. The number of hydrogen-bond acceptors (Lipinski definition) is 6. The Morgan fingerprint density at radius 2 is 0.473 bits per heavy atom. The van der Waals surface area contributed by atoms with E-state index < -0.39 is 20.4 Å². The number of aromatic amines is 2. The minimum absolute atomic E-state index is 0.598. The largest absolute Gasteiger partial charge is 0.361 e. The fraction of sp³-hybridized carbons (Fsp3) is 0.0164. The summed E-state index contributed by atoms with van der Waals surface area (Å²) >= 11 is -0.598. The molecule has 0 saturated carbocycles. The zero-order valence-corrected chi connectivity index (χ0v) is 72.8.